The average molecular weight is 353 g/mol. The van der Waals surface area contributed by atoms with Crippen LogP contribution in [-0.4, -0.2) is 39.0 Å². The first kappa shape index (κ1) is 19.1. The Hall–Kier alpha value is -1.24. The van der Waals surface area contributed by atoms with Gasteiger partial charge in [0, 0.05) is 17.8 Å². The number of nitrogens with zero attached hydrogens (tertiary/aromatic N) is 3. The molecule has 1 aromatic rings. The molecule has 0 radical (unpaired) electrons. The summed E-state index contributed by atoms with van der Waals surface area (Å²) in [4.78, 5) is 12.9. The summed E-state index contributed by atoms with van der Waals surface area (Å²) in [7, 11) is 0. The van der Waals surface area contributed by atoms with Crippen LogP contribution in [0.5, 0.6) is 0 Å². The summed E-state index contributed by atoms with van der Waals surface area (Å²) in [6.07, 6.45) is 13.3. The van der Waals surface area contributed by atoms with Gasteiger partial charge in [0.05, 0.1) is 0 Å². The number of nitrogens with two attached hydrogens (primary N) is 1. The fourth-order valence-corrected chi connectivity index (χ4v) is 3.83. The van der Waals surface area contributed by atoms with E-state index in [0.717, 1.165) is 31.1 Å². The van der Waals surface area contributed by atoms with Crippen molar-refractivity contribution >= 4 is 29.6 Å². The van der Waals surface area contributed by atoms with Gasteiger partial charge in [0.2, 0.25) is 17.8 Å². The lowest BCUT2D eigenvalue weighted by Gasteiger charge is -2.28. The minimum absolute atomic E-state index is 0.277. The van der Waals surface area contributed by atoms with E-state index >= 15 is 0 Å². The van der Waals surface area contributed by atoms with Gasteiger partial charge >= 0.3 is 0 Å². The zero-order valence-electron chi connectivity index (χ0n) is 15.1. The number of nitrogens with one attached hydrogen (secondary N) is 2. The molecule has 0 atom stereocenters. The molecule has 0 bridgehead atoms. The average Bonchev–Trinajstić information content (AvgIpc) is 2.58. The van der Waals surface area contributed by atoms with Crippen molar-refractivity contribution in [1.29, 1.82) is 0 Å². The first-order chi connectivity index (χ1) is 11.7. The van der Waals surface area contributed by atoms with E-state index in [1.165, 1.54) is 38.5 Å². The van der Waals surface area contributed by atoms with Crippen LogP contribution in [0.25, 0.3) is 0 Å². The molecule has 1 aliphatic carbocycles. The molecule has 4 N–H and O–H groups in total. The second kappa shape index (κ2) is 10.6. The normalized spacial score (nSPS) is 20.8. The maximum atomic E-state index is 5.83. The largest absolute Gasteiger partial charge is 0.368 e. The van der Waals surface area contributed by atoms with E-state index in [4.69, 9.17) is 5.73 Å². The van der Waals surface area contributed by atoms with Crippen LogP contribution < -0.4 is 16.4 Å². The van der Waals surface area contributed by atoms with Crippen molar-refractivity contribution in [1.82, 2.24) is 15.0 Å². The van der Waals surface area contributed by atoms with Gasteiger partial charge in [-0.3, -0.25) is 0 Å². The molecule has 1 saturated carbocycles. The Bertz CT molecular complexity index is 476. The number of anilines is 3. The summed E-state index contributed by atoms with van der Waals surface area (Å²) in [5.74, 6) is 1.46. The molecule has 1 heterocycles. The van der Waals surface area contributed by atoms with Crippen molar-refractivity contribution in [2.45, 2.75) is 76.0 Å². The third-order valence-corrected chi connectivity index (χ3v) is 5.69. The molecule has 2 rings (SSSR count). The number of thioether (sulfide) groups is 1. The minimum Gasteiger partial charge on any atom is -0.368 e. The van der Waals surface area contributed by atoms with Gasteiger partial charge in [0.1, 0.15) is 0 Å². The van der Waals surface area contributed by atoms with E-state index in [1.807, 2.05) is 11.8 Å². The predicted octanol–water partition coefficient (Wildman–Crippen LogP) is 3.92. The summed E-state index contributed by atoms with van der Waals surface area (Å²) in [5.41, 5.74) is 5.83. The lowest BCUT2D eigenvalue weighted by Crippen LogP contribution is -2.28. The lowest BCUT2D eigenvalue weighted by molar-refractivity contribution is 0.471. The third kappa shape index (κ3) is 6.71. The summed E-state index contributed by atoms with van der Waals surface area (Å²) in [6.45, 7) is 3.11. The van der Waals surface area contributed by atoms with Crippen LogP contribution >= 0.6 is 11.8 Å². The highest BCUT2D eigenvalue weighted by atomic mass is 32.2. The summed E-state index contributed by atoms with van der Waals surface area (Å²) >= 11 is 1.98. The Morgan fingerprint density at radius 3 is 2.42 bits per heavy atom. The number of hydrogen-bond donors (Lipinski definition) is 3. The summed E-state index contributed by atoms with van der Waals surface area (Å²) in [6, 6.07) is 0.442. The maximum Gasteiger partial charge on any atom is 0.229 e. The zero-order valence-corrected chi connectivity index (χ0v) is 15.9. The second-order valence-electron chi connectivity index (χ2n) is 6.54. The molecule has 1 aliphatic rings. The molecule has 6 nitrogen and oxygen atoms in total. The number of unbranched alkanes of at least 4 members (excludes halogenated alkanes) is 4. The number of aromatic nitrogens is 3. The fraction of sp³-hybridized carbons (Fsp3) is 0.824. The Morgan fingerprint density at radius 1 is 1.00 bits per heavy atom. The Kier molecular flexibility index (Phi) is 8.42. The van der Waals surface area contributed by atoms with Crippen molar-refractivity contribution in [3.8, 4) is 0 Å². The Labute approximate surface area is 150 Å². The molecule has 136 valence electrons. The van der Waals surface area contributed by atoms with Crippen LogP contribution in [0.3, 0.4) is 0 Å². The van der Waals surface area contributed by atoms with Crippen LogP contribution in [0.1, 0.15) is 64.7 Å². The van der Waals surface area contributed by atoms with Crippen LogP contribution in [0, 0.1) is 0 Å². The van der Waals surface area contributed by atoms with Crippen molar-refractivity contribution in [3.63, 3.8) is 0 Å². The van der Waals surface area contributed by atoms with Gasteiger partial charge in [-0.2, -0.15) is 26.7 Å². The van der Waals surface area contributed by atoms with Crippen molar-refractivity contribution < 1.29 is 0 Å². The molecule has 0 amide bonds. The van der Waals surface area contributed by atoms with Gasteiger partial charge in [-0.05, 0) is 38.4 Å². The van der Waals surface area contributed by atoms with Crippen LogP contribution in [0.15, 0.2) is 0 Å². The first-order valence-corrected chi connectivity index (χ1v) is 10.5. The predicted molar refractivity (Wildman–Crippen MR) is 105 cm³/mol. The topological polar surface area (TPSA) is 88.8 Å². The molecule has 0 aromatic carbocycles. The van der Waals surface area contributed by atoms with Crippen molar-refractivity contribution in [2.75, 3.05) is 29.2 Å². The van der Waals surface area contributed by atoms with Gasteiger partial charge in [-0.25, -0.2) is 0 Å². The van der Waals surface area contributed by atoms with Crippen LogP contribution in [0.2, 0.25) is 0 Å². The van der Waals surface area contributed by atoms with E-state index in [-0.39, 0.29) is 5.95 Å². The molecule has 1 fully saturated rings. The molecular formula is C17H32N6S. The first-order valence-electron chi connectivity index (χ1n) is 9.26. The molecule has 7 heteroatoms. The van der Waals surface area contributed by atoms with E-state index in [0.29, 0.717) is 17.9 Å². The maximum absolute atomic E-state index is 5.83. The van der Waals surface area contributed by atoms with E-state index in [2.05, 4.69) is 38.8 Å². The van der Waals surface area contributed by atoms with E-state index in [9.17, 15) is 0 Å². The molecular weight excluding hydrogens is 320 g/mol. The van der Waals surface area contributed by atoms with Gasteiger partial charge in [0.15, 0.2) is 0 Å². The lowest BCUT2D eigenvalue weighted by atomic mass is 9.95. The second-order valence-corrected chi connectivity index (χ2v) is 7.67. The summed E-state index contributed by atoms with van der Waals surface area (Å²) in [5, 5.41) is 7.51. The highest BCUT2D eigenvalue weighted by Gasteiger charge is 2.21. The fourth-order valence-electron chi connectivity index (χ4n) is 3.09. The standard InChI is InChI=1S/C17H32N6S/c1-3-4-5-6-7-12-19-16-21-15(18)22-17(23-16)20-13-8-10-14(24-2)11-9-13/h13-14H,3-12H2,1-2H3,(H4,18,19,20,21,22,23). The number of nitrogen functional groups attached to an aromatic ring is 1. The van der Waals surface area contributed by atoms with E-state index < -0.39 is 0 Å². The molecule has 0 spiro atoms. The van der Waals surface area contributed by atoms with Crippen molar-refractivity contribution in [3.05, 3.63) is 0 Å². The van der Waals surface area contributed by atoms with Gasteiger partial charge in [-0.15, -0.1) is 0 Å². The molecule has 24 heavy (non-hydrogen) atoms. The smallest absolute Gasteiger partial charge is 0.229 e. The number of rotatable bonds is 10. The highest BCUT2D eigenvalue weighted by Crippen LogP contribution is 2.28. The molecule has 0 aliphatic heterocycles. The highest BCUT2D eigenvalue weighted by molar-refractivity contribution is 7.99. The van der Waals surface area contributed by atoms with E-state index in [1.54, 1.807) is 0 Å². The number of hydrogen-bond acceptors (Lipinski definition) is 7. The zero-order chi connectivity index (χ0) is 17.2. The van der Waals surface area contributed by atoms with Crippen LogP contribution in [-0.2, 0) is 0 Å². The van der Waals surface area contributed by atoms with Crippen molar-refractivity contribution in [2.24, 2.45) is 0 Å². The minimum atomic E-state index is 0.277. The third-order valence-electron chi connectivity index (χ3n) is 4.56. The molecule has 0 unspecified atom stereocenters. The van der Waals surface area contributed by atoms with Gasteiger partial charge < -0.3 is 16.4 Å². The quantitative estimate of drug-likeness (QED) is 0.550. The SMILES string of the molecule is CCCCCCCNc1nc(N)nc(NC2CCC(SC)CC2)n1. The summed E-state index contributed by atoms with van der Waals surface area (Å²) < 4.78 is 0. The van der Waals surface area contributed by atoms with Gasteiger partial charge in [-0.1, -0.05) is 32.6 Å². The monoisotopic (exact) mass is 352 g/mol. The molecule has 1 aromatic heterocycles. The molecule has 0 saturated heterocycles. The van der Waals surface area contributed by atoms with Gasteiger partial charge in [0.25, 0.3) is 0 Å². The van der Waals surface area contributed by atoms with Crippen LogP contribution in [0.4, 0.5) is 17.8 Å². The Morgan fingerprint density at radius 2 is 1.71 bits per heavy atom. The Balaban J connectivity index is 1.78.